The fraction of sp³-hybridized carbons (Fsp3) is 0.143. The molecule has 7 nitrogen and oxygen atoms in total. The van der Waals surface area contributed by atoms with Crippen LogP contribution >= 0.6 is 11.8 Å². The van der Waals surface area contributed by atoms with Gasteiger partial charge in [-0.15, -0.1) is 0 Å². The summed E-state index contributed by atoms with van der Waals surface area (Å²) < 4.78 is 0. The van der Waals surface area contributed by atoms with Crippen LogP contribution in [0.25, 0.3) is 11.0 Å². The van der Waals surface area contributed by atoms with Crippen LogP contribution in [-0.2, 0) is 4.79 Å². The van der Waals surface area contributed by atoms with Crippen LogP contribution in [0, 0.1) is 0 Å². The fourth-order valence-corrected chi connectivity index (χ4v) is 2.61. The number of benzene rings is 1. The molecule has 0 aliphatic heterocycles. The van der Waals surface area contributed by atoms with Crippen molar-refractivity contribution in [3.63, 3.8) is 0 Å². The van der Waals surface area contributed by atoms with Crippen molar-refractivity contribution >= 4 is 41.1 Å². The minimum atomic E-state index is -0.618. The van der Waals surface area contributed by atoms with Crippen LogP contribution in [0.1, 0.15) is 0 Å². The second-order valence-electron chi connectivity index (χ2n) is 4.18. The number of nitrogens with two attached hydrogens (primary N) is 1. The van der Waals surface area contributed by atoms with Gasteiger partial charge in [0.1, 0.15) is 5.03 Å². The molecule has 0 bridgehead atoms. The average molecular weight is 316 g/mol. The van der Waals surface area contributed by atoms with Crippen molar-refractivity contribution < 1.29 is 4.79 Å². The number of carbonyl (C=O) groups excluding carboxylic acids is 1. The molecule has 0 aliphatic rings. The molecule has 0 saturated carbocycles. The number of fused-ring (bicyclic) bond motifs is 1. The van der Waals surface area contributed by atoms with Gasteiger partial charge in [0.2, 0.25) is 0 Å². The van der Waals surface area contributed by atoms with E-state index < -0.39 is 5.91 Å². The molecule has 0 unspecified atom stereocenters. The molecule has 0 saturated heterocycles. The van der Waals surface area contributed by atoms with Crippen LogP contribution in [0.3, 0.4) is 0 Å². The highest BCUT2D eigenvalue weighted by Crippen LogP contribution is 2.20. The van der Waals surface area contributed by atoms with E-state index in [1.54, 1.807) is 19.4 Å². The molecule has 2 aromatic rings. The number of hydrogen-bond acceptors (Lipinski definition) is 7. The molecule has 2 rings (SSSR count). The van der Waals surface area contributed by atoms with E-state index in [1.165, 1.54) is 11.8 Å². The molecule has 8 heteroatoms. The Labute approximate surface area is 132 Å². The number of amides is 1. The van der Waals surface area contributed by atoms with Gasteiger partial charge in [0.25, 0.3) is 5.91 Å². The molecule has 4 N–H and O–H groups in total. The molecule has 22 heavy (non-hydrogen) atoms. The van der Waals surface area contributed by atoms with E-state index in [4.69, 9.17) is 5.73 Å². The first-order valence-electron chi connectivity index (χ1n) is 6.41. The summed E-state index contributed by atoms with van der Waals surface area (Å²) in [6.07, 6.45) is 3.31. The SMILES string of the molecule is C=N/C(C(N)=O)=C(/NC)SCNc1ccc2nccnc2c1. The van der Waals surface area contributed by atoms with E-state index in [2.05, 4.69) is 32.3 Å². The number of hydrogen-bond donors (Lipinski definition) is 3. The lowest BCUT2D eigenvalue weighted by atomic mass is 10.2. The zero-order chi connectivity index (χ0) is 15.9. The first kappa shape index (κ1) is 15.8. The fourth-order valence-electron chi connectivity index (χ4n) is 1.79. The van der Waals surface area contributed by atoms with Crippen LogP contribution in [-0.4, -0.2) is 35.5 Å². The van der Waals surface area contributed by atoms with E-state index in [0.29, 0.717) is 10.9 Å². The Morgan fingerprint density at radius 1 is 1.36 bits per heavy atom. The normalized spacial score (nSPS) is 11.7. The number of anilines is 1. The molecule has 1 heterocycles. The summed E-state index contributed by atoms with van der Waals surface area (Å²) in [5, 5.41) is 6.69. The van der Waals surface area contributed by atoms with Gasteiger partial charge in [-0.1, -0.05) is 11.8 Å². The summed E-state index contributed by atoms with van der Waals surface area (Å²) in [6.45, 7) is 3.35. The van der Waals surface area contributed by atoms with Gasteiger partial charge < -0.3 is 16.4 Å². The number of carbonyl (C=O) groups is 1. The maximum Gasteiger partial charge on any atom is 0.269 e. The predicted molar refractivity (Wildman–Crippen MR) is 90.4 cm³/mol. The second kappa shape index (κ2) is 7.41. The number of nitrogens with one attached hydrogen (secondary N) is 2. The standard InChI is InChI=1S/C14H16N6OS/c1-16-12(13(15)21)14(17-2)22-8-20-9-3-4-10-11(7-9)19-6-5-18-10/h3-7,17,20H,1,8H2,2H3,(H2,15,21)/b14-12-. The van der Waals surface area contributed by atoms with Gasteiger partial charge in [-0.05, 0) is 24.9 Å². The number of nitrogens with zero attached hydrogens (tertiary/aromatic N) is 3. The summed E-state index contributed by atoms with van der Waals surface area (Å²) in [7, 11) is 1.70. The van der Waals surface area contributed by atoms with Gasteiger partial charge in [0.15, 0.2) is 5.70 Å². The third kappa shape index (κ3) is 3.73. The van der Waals surface area contributed by atoms with Gasteiger partial charge in [-0.25, -0.2) is 0 Å². The number of aromatic nitrogens is 2. The molecule has 0 fully saturated rings. The number of primary amides is 1. The zero-order valence-corrected chi connectivity index (χ0v) is 12.9. The van der Waals surface area contributed by atoms with Crippen molar-refractivity contribution in [1.82, 2.24) is 15.3 Å². The van der Waals surface area contributed by atoms with Crippen molar-refractivity contribution in [3.05, 3.63) is 41.3 Å². The van der Waals surface area contributed by atoms with Gasteiger partial charge >= 0.3 is 0 Å². The lowest BCUT2D eigenvalue weighted by Gasteiger charge is -2.11. The van der Waals surface area contributed by atoms with Gasteiger partial charge in [0.05, 0.1) is 16.9 Å². The van der Waals surface area contributed by atoms with Crippen molar-refractivity contribution in [2.75, 3.05) is 18.2 Å². The molecule has 114 valence electrons. The first-order valence-corrected chi connectivity index (χ1v) is 7.40. The van der Waals surface area contributed by atoms with Gasteiger partial charge in [-0.2, -0.15) is 0 Å². The lowest BCUT2D eigenvalue weighted by molar-refractivity contribution is -0.114. The molecular formula is C14H16N6OS. The Balaban J connectivity index is 2.05. The van der Waals surface area contributed by atoms with Crippen molar-refractivity contribution in [2.45, 2.75) is 0 Å². The molecule has 1 amide bonds. The number of aliphatic imine (C=N–C) groups is 1. The molecule has 1 aromatic carbocycles. The Morgan fingerprint density at radius 3 is 2.73 bits per heavy atom. The average Bonchev–Trinajstić information content (AvgIpc) is 2.53. The minimum absolute atomic E-state index is 0.124. The predicted octanol–water partition coefficient (Wildman–Crippen LogP) is 1.31. The second-order valence-corrected chi connectivity index (χ2v) is 5.16. The van der Waals surface area contributed by atoms with E-state index >= 15 is 0 Å². The topological polar surface area (TPSA) is 105 Å². The van der Waals surface area contributed by atoms with Crippen LogP contribution in [0.2, 0.25) is 0 Å². The Hall–Kier alpha value is -2.61. The van der Waals surface area contributed by atoms with Crippen LogP contribution in [0.4, 0.5) is 5.69 Å². The number of rotatable bonds is 7. The van der Waals surface area contributed by atoms with Crippen LogP contribution in [0.5, 0.6) is 0 Å². The first-order chi connectivity index (χ1) is 10.7. The Kier molecular flexibility index (Phi) is 5.31. The molecule has 0 aliphatic carbocycles. The Bertz CT molecular complexity index is 730. The van der Waals surface area contributed by atoms with Crippen molar-refractivity contribution in [2.24, 2.45) is 10.7 Å². The van der Waals surface area contributed by atoms with Gasteiger partial charge in [0, 0.05) is 25.1 Å². The minimum Gasteiger partial charge on any atom is -0.381 e. The molecule has 0 radical (unpaired) electrons. The Morgan fingerprint density at radius 2 is 2.09 bits per heavy atom. The third-order valence-electron chi connectivity index (χ3n) is 2.80. The summed E-state index contributed by atoms with van der Waals surface area (Å²) in [5.74, 6) is -0.0957. The van der Waals surface area contributed by atoms with E-state index in [9.17, 15) is 4.79 Å². The lowest BCUT2D eigenvalue weighted by Crippen LogP contribution is -2.19. The van der Waals surface area contributed by atoms with E-state index in [0.717, 1.165) is 16.7 Å². The zero-order valence-electron chi connectivity index (χ0n) is 12.0. The van der Waals surface area contributed by atoms with E-state index in [-0.39, 0.29) is 5.70 Å². The highest BCUT2D eigenvalue weighted by atomic mass is 32.2. The molecular weight excluding hydrogens is 300 g/mol. The number of thioether (sulfide) groups is 1. The molecule has 0 spiro atoms. The summed E-state index contributed by atoms with van der Waals surface area (Å²) in [6, 6.07) is 5.72. The summed E-state index contributed by atoms with van der Waals surface area (Å²) >= 11 is 1.37. The maximum atomic E-state index is 11.3. The van der Waals surface area contributed by atoms with Crippen LogP contribution in [0.15, 0.2) is 46.3 Å². The third-order valence-corrected chi connectivity index (χ3v) is 3.77. The van der Waals surface area contributed by atoms with Crippen LogP contribution < -0.4 is 16.4 Å². The highest BCUT2D eigenvalue weighted by molar-refractivity contribution is 8.03. The molecule has 0 atom stereocenters. The van der Waals surface area contributed by atoms with Crippen molar-refractivity contribution in [1.29, 1.82) is 0 Å². The smallest absolute Gasteiger partial charge is 0.269 e. The largest absolute Gasteiger partial charge is 0.381 e. The highest BCUT2D eigenvalue weighted by Gasteiger charge is 2.10. The quantitative estimate of drug-likeness (QED) is 0.404. The monoisotopic (exact) mass is 316 g/mol. The van der Waals surface area contributed by atoms with Crippen molar-refractivity contribution in [3.8, 4) is 0 Å². The summed E-state index contributed by atoms with van der Waals surface area (Å²) in [4.78, 5) is 23.4. The molecule has 1 aromatic heterocycles. The summed E-state index contributed by atoms with van der Waals surface area (Å²) in [5.41, 5.74) is 7.93. The van der Waals surface area contributed by atoms with Gasteiger partial charge in [-0.3, -0.25) is 19.8 Å². The maximum absolute atomic E-state index is 11.3. The van der Waals surface area contributed by atoms with E-state index in [1.807, 2.05) is 18.2 Å².